The number of nitrogens with zero attached hydrogens (tertiary/aromatic N) is 1. The van der Waals surface area contributed by atoms with E-state index in [9.17, 15) is 9.90 Å². The lowest BCUT2D eigenvalue weighted by Gasteiger charge is -2.31. The van der Waals surface area contributed by atoms with Gasteiger partial charge in [0.05, 0.1) is 31.5 Å². The fourth-order valence-electron chi connectivity index (χ4n) is 4.26. The second kappa shape index (κ2) is 9.91. The van der Waals surface area contributed by atoms with E-state index in [4.69, 9.17) is 18.9 Å². The normalized spacial score (nSPS) is 29.8. The molecule has 5 atom stereocenters. The summed E-state index contributed by atoms with van der Waals surface area (Å²) in [5, 5.41) is 10.8. The van der Waals surface area contributed by atoms with Crippen molar-refractivity contribution in [1.82, 2.24) is 4.90 Å². The molecule has 0 aliphatic carbocycles. The van der Waals surface area contributed by atoms with Crippen molar-refractivity contribution in [2.75, 3.05) is 6.54 Å². The Morgan fingerprint density at radius 1 is 1.28 bits per heavy atom. The maximum atomic E-state index is 12.7. The number of rotatable bonds is 7. The third-order valence-corrected chi connectivity index (χ3v) is 5.72. The Labute approximate surface area is 191 Å². The molecule has 1 N–H and O–H groups in total. The van der Waals surface area contributed by atoms with Gasteiger partial charge in [0.1, 0.15) is 23.5 Å². The Hall–Kier alpha value is -1.93. The molecule has 2 saturated heterocycles. The minimum atomic E-state index is -0.800. The predicted molar refractivity (Wildman–Crippen MR) is 121 cm³/mol. The van der Waals surface area contributed by atoms with Gasteiger partial charge in [-0.1, -0.05) is 36.4 Å². The van der Waals surface area contributed by atoms with E-state index in [0.717, 1.165) is 5.56 Å². The lowest BCUT2D eigenvalue weighted by atomic mass is 10.0. The lowest BCUT2D eigenvalue weighted by Crippen LogP contribution is -2.46. The maximum absolute atomic E-state index is 12.7. The van der Waals surface area contributed by atoms with Crippen molar-refractivity contribution in [3.05, 3.63) is 48.6 Å². The Morgan fingerprint density at radius 2 is 1.97 bits per heavy atom. The van der Waals surface area contributed by atoms with E-state index >= 15 is 0 Å². The van der Waals surface area contributed by atoms with Crippen molar-refractivity contribution in [3.8, 4) is 0 Å². The molecule has 0 radical (unpaired) electrons. The van der Waals surface area contributed by atoms with E-state index in [1.165, 1.54) is 0 Å². The average Bonchev–Trinajstić information content (AvgIpc) is 3.15. The second-order valence-corrected chi connectivity index (χ2v) is 10.0. The highest BCUT2D eigenvalue weighted by Gasteiger charge is 2.49. The summed E-state index contributed by atoms with van der Waals surface area (Å²) in [6.45, 7) is 13.8. The zero-order valence-electron chi connectivity index (χ0n) is 19.8. The predicted octanol–water partition coefficient (Wildman–Crippen LogP) is 4.04. The molecule has 32 heavy (non-hydrogen) atoms. The molecule has 3 rings (SSSR count). The van der Waals surface area contributed by atoms with Gasteiger partial charge in [-0.3, -0.25) is 4.90 Å². The van der Waals surface area contributed by atoms with Gasteiger partial charge in [0.15, 0.2) is 0 Å². The van der Waals surface area contributed by atoms with Crippen LogP contribution in [-0.2, 0) is 25.6 Å². The Bertz CT molecular complexity index is 774. The number of benzene rings is 1. The van der Waals surface area contributed by atoms with Gasteiger partial charge in [-0.25, -0.2) is 4.79 Å². The minimum Gasteiger partial charge on any atom is -0.444 e. The summed E-state index contributed by atoms with van der Waals surface area (Å²) in [5.74, 6) is 0. The van der Waals surface area contributed by atoms with Crippen LogP contribution in [0.3, 0.4) is 0 Å². The van der Waals surface area contributed by atoms with E-state index in [2.05, 4.69) is 6.58 Å². The quantitative estimate of drug-likeness (QED) is 0.636. The summed E-state index contributed by atoms with van der Waals surface area (Å²) < 4.78 is 24.0. The molecule has 0 saturated carbocycles. The van der Waals surface area contributed by atoms with Crippen LogP contribution in [0.1, 0.15) is 53.0 Å². The fourth-order valence-corrected chi connectivity index (χ4v) is 4.26. The molecule has 1 amide bonds. The summed E-state index contributed by atoms with van der Waals surface area (Å²) in [7, 11) is 0. The van der Waals surface area contributed by atoms with Crippen LogP contribution >= 0.6 is 0 Å². The smallest absolute Gasteiger partial charge is 0.412 e. The molecule has 7 heteroatoms. The number of aliphatic hydroxyl groups excluding tert-OH is 1. The molecule has 0 spiro atoms. The minimum absolute atomic E-state index is 0.264. The molecular weight excluding hydrogens is 410 g/mol. The Kier molecular flexibility index (Phi) is 7.65. The molecule has 2 fully saturated rings. The summed E-state index contributed by atoms with van der Waals surface area (Å²) >= 11 is 0. The second-order valence-electron chi connectivity index (χ2n) is 10.0. The molecule has 0 aromatic heterocycles. The van der Waals surface area contributed by atoms with Crippen LogP contribution in [-0.4, -0.2) is 64.5 Å². The summed E-state index contributed by atoms with van der Waals surface area (Å²) in [5.41, 5.74) is -0.358. The average molecular weight is 448 g/mol. The van der Waals surface area contributed by atoms with Gasteiger partial charge in [-0.2, -0.15) is 0 Å². The third-order valence-electron chi connectivity index (χ3n) is 5.72. The van der Waals surface area contributed by atoms with Crippen LogP contribution in [0.25, 0.3) is 0 Å². The molecular formula is C25H37NO6. The van der Waals surface area contributed by atoms with Crippen molar-refractivity contribution in [3.63, 3.8) is 0 Å². The van der Waals surface area contributed by atoms with Crippen LogP contribution in [0.4, 0.5) is 4.79 Å². The van der Waals surface area contributed by atoms with Gasteiger partial charge < -0.3 is 24.1 Å². The van der Waals surface area contributed by atoms with Gasteiger partial charge in [-0.15, -0.1) is 6.58 Å². The lowest BCUT2D eigenvalue weighted by molar-refractivity contribution is -0.0986. The number of ether oxygens (including phenoxy) is 4. The first kappa shape index (κ1) is 24.7. The van der Waals surface area contributed by atoms with Crippen molar-refractivity contribution >= 4 is 6.09 Å². The van der Waals surface area contributed by atoms with Crippen LogP contribution in [0.5, 0.6) is 0 Å². The number of hydrogen-bond acceptors (Lipinski definition) is 6. The first-order valence-electron chi connectivity index (χ1n) is 11.3. The molecule has 178 valence electrons. The topological polar surface area (TPSA) is 77.5 Å². The molecule has 1 aromatic carbocycles. The molecule has 0 bridgehead atoms. The number of carbonyl (C=O) groups excluding carboxylic acids is 1. The Morgan fingerprint density at radius 3 is 2.59 bits per heavy atom. The van der Waals surface area contributed by atoms with Gasteiger partial charge in [0.25, 0.3) is 0 Å². The van der Waals surface area contributed by atoms with Gasteiger partial charge in [-0.05, 0) is 46.6 Å². The van der Waals surface area contributed by atoms with Crippen LogP contribution in [0.15, 0.2) is 43.0 Å². The zero-order valence-corrected chi connectivity index (χ0v) is 19.8. The van der Waals surface area contributed by atoms with E-state index in [-0.39, 0.29) is 18.3 Å². The third kappa shape index (κ3) is 6.10. The maximum Gasteiger partial charge on any atom is 0.412 e. The van der Waals surface area contributed by atoms with Crippen LogP contribution in [0, 0.1) is 0 Å². The Balaban J connectivity index is 1.67. The number of hydrogen-bond donors (Lipinski definition) is 1. The highest BCUT2D eigenvalue weighted by Crippen LogP contribution is 2.35. The molecule has 7 nitrogen and oxygen atoms in total. The number of carbonyl (C=O) groups is 1. The summed E-state index contributed by atoms with van der Waals surface area (Å²) in [6.07, 6.45) is 0.0906. The first-order chi connectivity index (χ1) is 15.0. The standard InChI is InChI=1S/C25H37NO6/c1-7-11-19-21(27)22(29-16-17-12-9-8-10-13-17)20(30-19)14-18-15-26(25(5,6)31-18)23(28)32-24(2,3)4/h7-10,12-13,18-22,27H,1,11,14-16H2,2-6H3/t18-,19-,20+,21-,22-/m0/s1. The van der Waals surface area contributed by atoms with Crippen molar-refractivity contribution in [2.24, 2.45) is 0 Å². The van der Waals surface area contributed by atoms with E-state index in [1.807, 2.05) is 65.0 Å². The van der Waals surface area contributed by atoms with Crippen LogP contribution in [0.2, 0.25) is 0 Å². The first-order valence-corrected chi connectivity index (χ1v) is 11.3. The van der Waals surface area contributed by atoms with Crippen molar-refractivity contribution in [1.29, 1.82) is 0 Å². The van der Waals surface area contributed by atoms with E-state index in [1.54, 1.807) is 11.0 Å². The largest absolute Gasteiger partial charge is 0.444 e. The van der Waals surface area contributed by atoms with E-state index in [0.29, 0.717) is 26.0 Å². The number of amides is 1. The van der Waals surface area contributed by atoms with Gasteiger partial charge >= 0.3 is 6.09 Å². The van der Waals surface area contributed by atoms with Gasteiger partial charge in [0, 0.05) is 6.42 Å². The van der Waals surface area contributed by atoms with Crippen molar-refractivity contribution in [2.45, 2.75) is 95.9 Å². The van der Waals surface area contributed by atoms with Crippen molar-refractivity contribution < 1.29 is 28.8 Å². The molecule has 1 aromatic rings. The number of aliphatic hydroxyl groups is 1. The van der Waals surface area contributed by atoms with Crippen LogP contribution < -0.4 is 0 Å². The SMILES string of the molecule is C=CC[C@@H]1O[C@H](C[C@H]2CN(C(=O)OC(C)(C)C)C(C)(C)O2)[C@H](OCc2ccccc2)[C@H]1O. The fraction of sp³-hybridized carbons (Fsp3) is 0.640. The summed E-state index contributed by atoms with van der Waals surface area (Å²) in [4.78, 5) is 14.3. The molecule has 2 aliphatic heterocycles. The molecule has 0 unspecified atom stereocenters. The molecule has 2 heterocycles. The summed E-state index contributed by atoms with van der Waals surface area (Å²) in [6, 6.07) is 9.84. The van der Waals surface area contributed by atoms with Gasteiger partial charge in [0.2, 0.25) is 0 Å². The highest BCUT2D eigenvalue weighted by molar-refractivity contribution is 5.69. The zero-order chi connectivity index (χ0) is 23.5. The molecule has 2 aliphatic rings. The highest BCUT2D eigenvalue weighted by atomic mass is 16.6. The monoisotopic (exact) mass is 447 g/mol. The van der Waals surface area contributed by atoms with E-state index < -0.39 is 29.6 Å².